The largest absolute Gasteiger partial charge is 0.496 e. The minimum absolute atomic E-state index is 0.661. The first-order chi connectivity index (χ1) is 9.20. The molecule has 0 spiro atoms. The maximum Gasteiger partial charge on any atom is 0.129 e. The van der Waals surface area contributed by atoms with Crippen LogP contribution in [0.15, 0.2) is 48.5 Å². The molecule has 0 saturated heterocycles. The minimum atomic E-state index is 0.661. The van der Waals surface area contributed by atoms with Crippen molar-refractivity contribution in [3.05, 3.63) is 64.7 Å². The SMILES string of the molecule is COc1ccccc1C(=S)NCc1ccc(Cl)cc1. The van der Waals surface area contributed by atoms with Crippen molar-refractivity contribution in [2.24, 2.45) is 0 Å². The monoisotopic (exact) mass is 291 g/mol. The Kier molecular flexibility index (Phi) is 4.77. The summed E-state index contributed by atoms with van der Waals surface area (Å²) in [6.45, 7) is 0.661. The molecule has 0 heterocycles. The van der Waals surface area contributed by atoms with Crippen molar-refractivity contribution in [1.82, 2.24) is 5.32 Å². The Morgan fingerprint density at radius 1 is 1.16 bits per heavy atom. The van der Waals surface area contributed by atoms with Gasteiger partial charge in [0.1, 0.15) is 10.7 Å². The molecule has 0 saturated carbocycles. The molecule has 0 atom stereocenters. The summed E-state index contributed by atoms with van der Waals surface area (Å²) in [7, 11) is 1.64. The van der Waals surface area contributed by atoms with Gasteiger partial charge in [0.2, 0.25) is 0 Å². The van der Waals surface area contributed by atoms with E-state index >= 15 is 0 Å². The summed E-state index contributed by atoms with van der Waals surface area (Å²) in [4.78, 5) is 0.674. The van der Waals surface area contributed by atoms with E-state index < -0.39 is 0 Å². The molecule has 0 aliphatic carbocycles. The first-order valence-electron chi connectivity index (χ1n) is 5.86. The van der Waals surface area contributed by atoms with E-state index in [9.17, 15) is 0 Å². The highest BCUT2D eigenvalue weighted by atomic mass is 35.5. The fourth-order valence-corrected chi connectivity index (χ4v) is 2.08. The van der Waals surface area contributed by atoms with Crippen LogP contribution < -0.4 is 10.1 Å². The van der Waals surface area contributed by atoms with Crippen LogP contribution >= 0.6 is 23.8 Å². The second-order valence-electron chi connectivity index (χ2n) is 4.01. The van der Waals surface area contributed by atoms with E-state index in [1.165, 1.54) is 0 Å². The standard InChI is InChI=1S/C15H14ClNOS/c1-18-14-5-3-2-4-13(14)15(19)17-10-11-6-8-12(16)9-7-11/h2-9H,10H2,1H3,(H,17,19). The van der Waals surface area contributed by atoms with Crippen LogP contribution in [0.3, 0.4) is 0 Å². The van der Waals surface area contributed by atoms with Gasteiger partial charge in [0, 0.05) is 11.6 Å². The van der Waals surface area contributed by atoms with Gasteiger partial charge < -0.3 is 10.1 Å². The van der Waals surface area contributed by atoms with Crippen LogP contribution in [0.4, 0.5) is 0 Å². The maximum absolute atomic E-state index is 5.85. The van der Waals surface area contributed by atoms with Gasteiger partial charge in [-0.25, -0.2) is 0 Å². The molecule has 0 aliphatic rings. The first kappa shape index (κ1) is 13.8. The lowest BCUT2D eigenvalue weighted by atomic mass is 10.2. The summed E-state index contributed by atoms with van der Waals surface area (Å²) >= 11 is 11.2. The fraction of sp³-hybridized carbons (Fsp3) is 0.133. The Hall–Kier alpha value is -1.58. The highest BCUT2D eigenvalue weighted by Crippen LogP contribution is 2.17. The number of hydrogen-bond donors (Lipinski definition) is 1. The number of hydrogen-bond acceptors (Lipinski definition) is 2. The van der Waals surface area contributed by atoms with Gasteiger partial charge in [-0.15, -0.1) is 0 Å². The number of methoxy groups -OCH3 is 1. The van der Waals surface area contributed by atoms with Crippen LogP contribution in [0.1, 0.15) is 11.1 Å². The van der Waals surface area contributed by atoms with Gasteiger partial charge in [-0.2, -0.15) is 0 Å². The van der Waals surface area contributed by atoms with Crippen LogP contribution in [-0.4, -0.2) is 12.1 Å². The van der Waals surface area contributed by atoms with Crippen LogP contribution in [0.5, 0.6) is 5.75 Å². The lowest BCUT2D eigenvalue weighted by Crippen LogP contribution is -2.22. The molecule has 2 rings (SSSR count). The highest BCUT2D eigenvalue weighted by molar-refractivity contribution is 7.80. The molecule has 2 nitrogen and oxygen atoms in total. The third-order valence-electron chi connectivity index (χ3n) is 2.72. The molecule has 4 heteroatoms. The average molecular weight is 292 g/mol. The van der Waals surface area contributed by atoms with Crippen molar-refractivity contribution in [3.8, 4) is 5.75 Å². The Bertz CT molecular complexity index is 569. The molecule has 19 heavy (non-hydrogen) atoms. The van der Waals surface area contributed by atoms with Crippen molar-refractivity contribution in [1.29, 1.82) is 0 Å². The zero-order chi connectivity index (χ0) is 13.7. The van der Waals surface area contributed by atoms with E-state index in [0.717, 1.165) is 21.9 Å². The maximum atomic E-state index is 5.85. The molecular weight excluding hydrogens is 278 g/mol. The van der Waals surface area contributed by atoms with Crippen molar-refractivity contribution in [2.45, 2.75) is 6.54 Å². The molecule has 1 N–H and O–H groups in total. The number of rotatable bonds is 4. The minimum Gasteiger partial charge on any atom is -0.496 e. The third kappa shape index (κ3) is 3.69. The lowest BCUT2D eigenvalue weighted by Gasteiger charge is -2.11. The van der Waals surface area contributed by atoms with E-state index in [2.05, 4.69) is 5.32 Å². The molecule has 0 bridgehead atoms. The Morgan fingerprint density at radius 3 is 2.53 bits per heavy atom. The molecule has 0 unspecified atom stereocenters. The van der Waals surface area contributed by atoms with E-state index in [1.807, 2.05) is 48.5 Å². The predicted octanol–water partition coefficient (Wildman–Crippen LogP) is 3.81. The molecule has 0 amide bonds. The van der Waals surface area contributed by atoms with E-state index in [-0.39, 0.29) is 0 Å². The molecular formula is C15H14ClNOS. The molecule has 98 valence electrons. The molecule has 2 aromatic carbocycles. The van der Waals surface area contributed by atoms with Crippen LogP contribution in [0.25, 0.3) is 0 Å². The number of thiocarbonyl (C=S) groups is 1. The zero-order valence-electron chi connectivity index (χ0n) is 10.5. The fourth-order valence-electron chi connectivity index (χ4n) is 1.71. The molecule has 0 aromatic heterocycles. The summed E-state index contributed by atoms with van der Waals surface area (Å²) in [5, 5.41) is 3.95. The molecule has 0 fully saturated rings. The van der Waals surface area contributed by atoms with Gasteiger partial charge >= 0.3 is 0 Å². The summed E-state index contributed by atoms with van der Waals surface area (Å²) < 4.78 is 5.29. The van der Waals surface area contributed by atoms with Gasteiger partial charge in [-0.3, -0.25) is 0 Å². The molecule has 0 aliphatic heterocycles. The Labute approximate surface area is 123 Å². The average Bonchev–Trinajstić information content (AvgIpc) is 2.46. The number of ether oxygens (including phenoxy) is 1. The van der Waals surface area contributed by atoms with E-state index in [0.29, 0.717) is 11.5 Å². The van der Waals surface area contributed by atoms with Gasteiger partial charge in [0.05, 0.1) is 12.7 Å². The molecule has 2 aromatic rings. The van der Waals surface area contributed by atoms with Gasteiger partial charge in [0.15, 0.2) is 0 Å². The van der Waals surface area contributed by atoms with Crippen LogP contribution in [0.2, 0.25) is 5.02 Å². The second kappa shape index (κ2) is 6.55. The predicted molar refractivity (Wildman–Crippen MR) is 83.0 cm³/mol. The number of benzene rings is 2. The van der Waals surface area contributed by atoms with Crippen molar-refractivity contribution in [2.75, 3.05) is 7.11 Å². The van der Waals surface area contributed by atoms with E-state index in [1.54, 1.807) is 7.11 Å². The summed E-state index contributed by atoms with van der Waals surface area (Å²) in [5.74, 6) is 0.774. The first-order valence-corrected chi connectivity index (χ1v) is 6.65. The van der Waals surface area contributed by atoms with Gasteiger partial charge in [0.25, 0.3) is 0 Å². The van der Waals surface area contributed by atoms with Crippen molar-refractivity contribution < 1.29 is 4.74 Å². The van der Waals surface area contributed by atoms with Crippen LogP contribution in [0, 0.1) is 0 Å². The van der Waals surface area contributed by atoms with Crippen molar-refractivity contribution in [3.63, 3.8) is 0 Å². The quantitative estimate of drug-likeness (QED) is 0.866. The third-order valence-corrected chi connectivity index (χ3v) is 3.33. The molecule has 0 radical (unpaired) electrons. The zero-order valence-corrected chi connectivity index (χ0v) is 12.1. The lowest BCUT2D eigenvalue weighted by molar-refractivity contribution is 0.414. The second-order valence-corrected chi connectivity index (χ2v) is 4.85. The Balaban J connectivity index is 2.03. The number of para-hydroxylation sites is 1. The topological polar surface area (TPSA) is 21.3 Å². The normalized spacial score (nSPS) is 10.0. The smallest absolute Gasteiger partial charge is 0.129 e. The number of nitrogens with one attached hydrogen (secondary N) is 1. The Morgan fingerprint density at radius 2 is 1.84 bits per heavy atom. The van der Waals surface area contributed by atoms with Crippen LogP contribution in [-0.2, 0) is 6.54 Å². The summed E-state index contributed by atoms with van der Waals surface area (Å²) in [6.07, 6.45) is 0. The highest BCUT2D eigenvalue weighted by Gasteiger charge is 2.06. The summed E-state index contributed by atoms with van der Waals surface area (Å²) in [5.41, 5.74) is 2.02. The van der Waals surface area contributed by atoms with Crippen molar-refractivity contribution >= 4 is 28.8 Å². The van der Waals surface area contributed by atoms with Gasteiger partial charge in [-0.05, 0) is 29.8 Å². The van der Waals surface area contributed by atoms with E-state index in [4.69, 9.17) is 28.6 Å². The number of halogens is 1. The summed E-state index contributed by atoms with van der Waals surface area (Å²) in [6, 6.07) is 15.4. The van der Waals surface area contributed by atoms with Gasteiger partial charge in [-0.1, -0.05) is 48.1 Å².